The molecule has 0 radical (unpaired) electrons. The van der Waals surface area contributed by atoms with E-state index in [1.165, 1.54) is 11.9 Å². The number of allylic oxidation sites excluding steroid dienone is 1. The van der Waals surface area contributed by atoms with Crippen LogP contribution in [0.5, 0.6) is 0 Å². The zero-order chi connectivity index (χ0) is 14.4. The van der Waals surface area contributed by atoms with Gasteiger partial charge in [0.15, 0.2) is 11.4 Å². The van der Waals surface area contributed by atoms with Crippen molar-refractivity contribution in [3.8, 4) is 6.07 Å². The molecule has 0 heterocycles. The lowest BCUT2D eigenvalue weighted by atomic mass is 10.2. The molecule has 1 rings (SSSR count). The highest BCUT2D eigenvalue weighted by Crippen LogP contribution is 2.28. The van der Waals surface area contributed by atoms with Gasteiger partial charge >= 0.3 is 5.97 Å². The zero-order valence-corrected chi connectivity index (χ0v) is 9.14. The highest BCUT2D eigenvalue weighted by molar-refractivity contribution is 5.89. The van der Waals surface area contributed by atoms with Gasteiger partial charge in [0.1, 0.15) is 6.07 Å². The number of benzene rings is 1. The summed E-state index contributed by atoms with van der Waals surface area (Å²) in [4.78, 5) is 20.6. The molecule has 0 aliphatic carbocycles. The van der Waals surface area contributed by atoms with Crippen molar-refractivity contribution in [3.05, 3.63) is 45.0 Å². The molecule has 0 unspecified atom stereocenters. The van der Waals surface area contributed by atoms with Crippen LogP contribution in [0.4, 0.5) is 11.4 Å². The van der Waals surface area contributed by atoms with E-state index in [1.54, 1.807) is 0 Å². The fourth-order valence-electron chi connectivity index (χ4n) is 1.06. The van der Waals surface area contributed by atoms with Crippen molar-refractivity contribution in [2.24, 2.45) is 10.2 Å². The highest BCUT2D eigenvalue weighted by atomic mass is 16.6. The van der Waals surface area contributed by atoms with Crippen LogP contribution in [0, 0.1) is 21.4 Å². The summed E-state index contributed by atoms with van der Waals surface area (Å²) in [6.45, 7) is 0. The van der Waals surface area contributed by atoms with Gasteiger partial charge < -0.3 is 10.5 Å². The van der Waals surface area contributed by atoms with Crippen molar-refractivity contribution in [3.63, 3.8) is 0 Å². The summed E-state index contributed by atoms with van der Waals surface area (Å²) in [6.07, 6.45) is 0. The maximum atomic E-state index is 10.8. The van der Waals surface area contributed by atoms with Crippen LogP contribution in [-0.4, -0.2) is 21.9 Å². The van der Waals surface area contributed by atoms with Crippen molar-refractivity contribution < 1.29 is 14.8 Å². The van der Waals surface area contributed by atoms with Crippen LogP contribution in [0.3, 0.4) is 0 Å². The zero-order valence-electron chi connectivity index (χ0n) is 9.14. The maximum Gasteiger partial charge on any atom is 0.335 e. The number of nitro groups is 1. The summed E-state index contributed by atoms with van der Waals surface area (Å²) in [5.74, 6) is 0.105. The number of aromatic carboxylic acids is 1. The van der Waals surface area contributed by atoms with Gasteiger partial charge in [-0.05, 0) is 12.1 Å². The minimum absolute atomic E-state index is 0.252. The van der Waals surface area contributed by atoms with Crippen LogP contribution in [0.15, 0.2) is 34.1 Å². The molecule has 0 aliphatic heterocycles. The number of hydrogen-bond acceptors (Lipinski definition) is 6. The Morgan fingerprint density at radius 3 is 2.68 bits per heavy atom. The van der Waals surface area contributed by atoms with Gasteiger partial charge in [-0.15, -0.1) is 10.2 Å². The quantitative estimate of drug-likeness (QED) is 0.288. The van der Waals surface area contributed by atoms with Gasteiger partial charge in [-0.2, -0.15) is 5.26 Å². The molecule has 0 saturated heterocycles. The molecule has 0 fully saturated rings. The second-order valence-corrected chi connectivity index (χ2v) is 3.04. The van der Waals surface area contributed by atoms with Gasteiger partial charge in [0, 0.05) is 6.07 Å². The molecule has 19 heavy (non-hydrogen) atoms. The number of carbonyl (C=O) groups is 1. The second-order valence-electron chi connectivity index (χ2n) is 3.04. The van der Waals surface area contributed by atoms with Crippen LogP contribution in [0.25, 0.3) is 5.41 Å². The van der Waals surface area contributed by atoms with E-state index < -0.39 is 22.3 Å². The van der Waals surface area contributed by atoms with Crippen LogP contribution in [0.1, 0.15) is 10.4 Å². The Hall–Kier alpha value is -3.37. The smallest absolute Gasteiger partial charge is 0.335 e. The topological polar surface area (TPSA) is 151 Å². The number of carboxylic acids is 1. The average Bonchev–Trinajstić information content (AvgIpc) is 2.39. The molecule has 1 N–H and O–H groups in total. The third-order valence-electron chi connectivity index (χ3n) is 1.89. The van der Waals surface area contributed by atoms with Gasteiger partial charge in [0.05, 0.1) is 10.5 Å². The van der Waals surface area contributed by atoms with Crippen molar-refractivity contribution in [2.75, 3.05) is 0 Å². The number of rotatable bonds is 4. The normalized spacial score (nSPS) is 9.63. The Morgan fingerprint density at radius 2 is 2.21 bits per heavy atom. The third-order valence-corrected chi connectivity index (χ3v) is 1.89. The SMILES string of the molecule is N#CC(=C=[N-])N=Nc1ccc(C(=O)O)cc1[N+](=O)[O-]. The predicted molar refractivity (Wildman–Crippen MR) is 62.1 cm³/mol. The van der Waals surface area contributed by atoms with Crippen molar-refractivity contribution in [1.82, 2.24) is 0 Å². The van der Waals surface area contributed by atoms with E-state index in [9.17, 15) is 14.9 Å². The van der Waals surface area contributed by atoms with Crippen LogP contribution < -0.4 is 0 Å². The molecule has 0 aliphatic rings. The Balaban J connectivity index is 3.30. The molecular formula is C10H4N5O4-. The summed E-state index contributed by atoms with van der Waals surface area (Å²) < 4.78 is 0. The van der Waals surface area contributed by atoms with Crippen LogP contribution in [-0.2, 0) is 0 Å². The van der Waals surface area contributed by atoms with E-state index in [0.717, 1.165) is 18.2 Å². The Bertz CT molecular complexity index is 667. The minimum Gasteiger partial charge on any atom is -0.761 e. The van der Waals surface area contributed by atoms with E-state index >= 15 is 0 Å². The molecule has 0 bridgehead atoms. The van der Waals surface area contributed by atoms with E-state index in [0.29, 0.717) is 0 Å². The summed E-state index contributed by atoms with van der Waals surface area (Å²) in [5, 5.41) is 42.9. The van der Waals surface area contributed by atoms with Gasteiger partial charge in [-0.1, -0.05) is 0 Å². The molecule has 9 heteroatoms. The first-order valence-electron chi connectivity index (χ1n) is 4.60. The largest absolute Gasteiger partial charge is 0.761 e. The number of carboxylic acid groups (broad SMARTS) is 1. The van der Waals surface area contributed by atoms with Crippen LogP contribution in [0.2, 0.25) is 0 Å². The minimum atomic E-state index is -1.33. The van der Waals surface area contributed by atoms with Crippen molar-refractivity contribution in [2.45, 2.75) is 0 Å². The first-order valence-corrected chi connectivity index (χ1v) is 4.60. The molecular weight excluding hydrogens is 254 g/mol. The first-order chi connectivity index (χ1) is 8.99. The van der Waals surface area contributed by atoms with Gasteiger partial charge in [0.2, 0.25) is 0 Å². The summed E-state index contributed by atoms with van der Waals surface area (Å²) in [5.41, 5.74) is -1.69. The maximum absolute atomic E-state index is 10.8. The highest BCUT2D eigenvalue weighted by Gasteiger charge is 2.17. The number of azo groups is 1. The molecule has 0 spiro atoms. The molecule has 0 amide bonds. The number of nitro benzene ring substituents is 1. The second kappa shape index (κ2) is 5.81. The molecule has 0 atom stereocenters. The molecule has 94 valence electrons. The van der Waals surface area contributed by atoms with E-state index in [2.05, 4.69) is 10.2 Å². The number of nitrogens with zero attached hydrogens (tertiary/aromatic N) is 5. The standard InChI is InChI=1S/C10H4N5O4/c11-4-7(5-12)13-14-8-2-1-6(10(16)17)3-9(8)15(18)19/h1-3H,(H,16,17)/q-1. The number of hydrogen-bond donors (Lipinski definition) is 1. The lowest BCUT2D eigenvalue weighted by molar-refractivity contribution is -0.384. The molecule has 1 aromatic rings. The molecule has 0 saturated carbocycles. The fourth-order valence-corrected chi connectivity index (χ4v) is 1.06. The monoisotopic (exact) mass is 258 g/mol. The third kappa shape index (κ3) is 3.29. The molecule has 1 aromatic carbocycles. The van der Waals surface area contributed by atoms with Crippen LogP contribution >= 0.6 is 0 Å². The van der Waals surface area contributed by atoms with Crippen molar-refractivity contribution in [1.29, 1.82) is 5.26 Å². The summed E-state index contributed by atoms with van der Waals surface area (Å²) in [6, 6.07) is 4.41. The first kappa shape index (κ1) is 13.7. The number of nitriles is 1. The molecule has 0 aromatic heterocycles. The van der Waals surface area contributed by atoms with E-state index in [-0.39, 0.29) is 11.3 Å². The average molecular weight is 258 g/mol. The lowest BCUT2D eigenvalue weighted by Crippen LogP contribution is -1.98. The van der Waals surface area contributed by atoms with E-state index in [4.69, 9.17) is 15.8 Å². The van der Waals surface area contributed by atoms with E-state index in [1.807, 2.05) is 0 Å². The van der Waals surface area contributed by atoms with Crippen molar-refractivity contribution >= 4 is 23.2 Å². The summed E-state index contributed by atoms with van der Waals surface area (Å²) in [7, 11) is 0. The van der Waals surface area contributed by atoms with Gasteiger partial charge in [0.25, 0.3) is 5.69 Å². The Morgan fingerprint density at radius 1 is 1.53 bits per heavy atom. The molecule has 9 nitrogen and oxygen atoms in total. The predicted octanol–water partition coefficient (Wildman–Crippen LogP) is 2.02. The van der Waals surface area contributed by atoms with Gasteiger partial charge in [-0.3, -0.25) is 10.1 Å². The fraction of sp³-hybridized carbons (Fsp3) is 0. The van der Waals surface area contributed by atoms with Gasteiger partial charge in [-0.25, -0.2) is 10.7 Å². The Kier molecular flexibility index (Phi) is 4.19. The Labute approximate surface area is 105 Å². The lowest BCUT2D eigenvalue weighted by Gasteiger charge is -1.98. The summed E-state index contributed by atoms with van der Waals surface area (Å²) >= 11 is 0.